The quantitative estimate of drug-likeness (QED) is 0.821. The zero-order valence-corrected chi connectivity index (χ0v) is 10.6. The van der Waals surface area contributed by atoms with Gasteiger partial charge in [0.2, 0.25) is 0 Å². The average molecular weight is 233 g/mol. The molecule has 0 saturated heterocycles. The molecule has 92 valence electrons. The van der Waals surface area contributed by atoms with E-state index in [-0.39, 0.29) is 6.04 Å². The van der Waals surface area contributed by atoms with Gasteiger partial charge in [-0.15, -0.1) is 0 Å². The molecule has 0 spiro atoms. The molecule has 5 nitrogen and oxygen atoms in total. The number of nitrogens with one attached hydrogen (secondary N) is 2. The number of aromatic amines is 1. The molecule has 1 atom stereocenters. The molecule has 0 aliphatic rings. The highest BCUT2D eigenvalue weighted by molar-refractivity contribution is 5.12. The minimum atomic E-state index is 0.200. The van der Waals surface area contributed by atoms with Crippen molar-refractivity contribution in [3.63, 3.8) is 0 Å². The van der Waals surface area contributed by atoms with Gasteiger partial charge in [-0.1, -0.05) is 0 Å². The largest absolute Gasteiger partial charge is 0.347 e. The summed E-state index contributed by atoms with van der Waals surface area (Å²) >= 11 is 0. The third-order valence-electron chi connectivity index (χ3n) is 2.90. The third kappa shape index (κ3) is 2.55. The van der Waals surface area contributed by atoms with Gasteiger partial charge < -0.3 is 10.3 Å². The van der Waals surface area contributed by atoms with E-state index in [1.54, 1.807) is 6.20 Å². The van der Waals surface area contributed by atoms with E-state index in [1.807, 2.05) is 24.9 Å². The van der Waals surface area contributed by atoms with E-state index in [0.717, 1.165) is 24.5 Å². The number of hydrogen-bond donors (Lipinski definition) is 2. The van der Waals surface area contributed by atoms with Gasteiger partial charge in [0.05, 0.1) is 11.7 Å². The standard InChI is InChI=1S/C12H19N5/c1-4-17-10(7-9(2)16-17)8-11(13-3)12-14-5-6-15-12/h5-7,11,13H,4,8H2,1-3H3,(H,14,15). The van der Waals surface area contributed by atoms with Crippen molar-refractivity contribution in [2.75, 3.05) is 7.05 Å². The Balaban J connectivity index is 2.18. The van der Waals surface area contributed by atoms with Gasteiger partial charge in [0.25, 0.3) is 0 Å². The number of nitrogens with zero attached hydrogens (tertiary/aromatic N) is 3. The van der Waals surface area contributed by atoms with Crippen LogP contribution in [-0.2, 0) is 13.0 Å². The summed E-state index contributed by atoms with van der Waals surface area (Å²) in [7, 11) is 1.95. The third-order valence-corrected chi connectivity index (χ3v) is 2.90. The van der Waals surface area contributed by atoms with Crippen LogP contribution in [0.3, 0.4) is 0 Å². The predicted octanol–water partition coefficient (Wildman–Crippen LogP) is 1.44. The molecule has 0 aliphatic carbocycles. The van der Waals surface area contributed by atoms with E-state index in [0.29, 0.717) is 0 Å². The molecular formula is C12H19N5. The highest BCUT2D eigenvalue weighted by Crippen LogP contribution is 2.15. The van der Waals surface area contributed by atoms with Gasteiger partial charge in [-0.25, -0.2) is 4.98 Å². The van der Waals surface area contributed by atoms with Crippen molar-refractivity contribution in [1.82, 2.24) is 25.1 Å². The van der Waals surface area contributed by atoms with Crippen molar-refractivity contribution in [2.45, 2.75) is 32.9 Å². The second-order valence-corrected chi connectivity index (χ2v) is 4.11. The predicted molar refractivity (Wildman–Crippen MR) is 66.7 cm³/mol. The summed E-state index contributed by atoms with van der Waals surface area (Å²) < 4.78 is 2.04. The average Bonchev–Trinajstić information content (AvgIpc) is 2.94. The van der Waals surface area contributed by atoms with Gasteiger partial charge in [0.15, 0.2) is 0 Å². The first kappa shape index (κ1) is 11.9. The van der Waals surface area contributed by atoms with Gasteiger partial charge in [0, 0.05) is 31.1 Å². The molecule has 0 bridgehead atoms. The summed E-state index contributed by atoms with van der Waals surface area (Å²) in [6.07, 6.45) is 4.52. The molecule has 0 fully saturated rings. The fraction of sp³-hybridized carbons (Fsp3) is 0.500. The molecule has 5 heteroatoms. The molecule has 2 aromatic heterocycles. The van der Waals surface area contributed by atoms with E-state index >= 15 is 0 Å². The summed E-state index contributed by atoms with van der Waals surface area (Å²) in [5, 5.41) is 7.73. The van der Waals surface area contributed by atoms with Crippen LogP contribution in [0.2, 0.25) is 0 Å². The van der Waals surface area contributed by atoms with E-state index in [4.69, 9.17) is 0 Å². The Hall–Kier alpha value is -1.62. The van der Waals surface area contributed by atoms with Gasteiger partial charge in [0.1, 0.15) is 5.82 Å². The van der Waals surface area contributed by atoms with E-state index < -0.39 is 0 Å². The van der Waals surface area contributed by atoms with Crippen LogP contribution < -0.4 is 5.32 Å². The van der Waals surface area contributed by atoms with Crippen LogP contribution in [0.15, 0.2) is 18.5 Å². The van der Waals surface area contributed by atoms with Crippen molar-refractivity contribution < 1.29 is 0 Å². The molecule has 1 unspecified atom stereocenters. The van der Waals surface area contributed by atoms with Crippen molar-refractivity contribution in [3.05, 3.63) is 35.7 Å². The second-order valence-electron chi connectivity index (χ2n) is 4.11. The summed E-state index contributed by atoms with van der Waals surface area (Å²) in [5.41, 5.74) is 2.30. The number of H-pyrrole nitrogens is 1. The second kappa shape index (κ2) is 5.14. The molecule has 2 aromatic rings. The smallest absolute Gasteiger partial charge is 0.123 e. The monoisotopic (exact) mass is 233 g/mol. The van der Waals surface area contributed by atoms with Crippen LogP contribution in [0.5, 0.6) is 0 Å². The maximum absolute atomic E-state index is 4.46. The zero-order chi connectivity index (χ0) is 12.3. The van der Waals surface area contributed by atoms with Gasteiger partial charge >= 0.3 is 0 Å². The van der Waals surface area contributed by atoms with Gasteiger partial charge in [-0.05, 0) is 27.0 Å². The lowest BCUT2D eigenvalue weighted by atomic mass is 10.1. The van der Waals surface area contributed by atoms with E-state index in [1.165, 1.54) is 5.69 Å². The minimum Gasteiger partial charge on any atom is -0.347 e. The Morgan fingerprint density at radius 2 is 2.35 bits per heavy atom. The maximum Gasteiger partial charge on any atom is 0.123 e. The molecule has 0 radical (unpaired) electrons. The Morgan fingerprint density at radius 3 is 2.94 bits per heavy atom. The Labute approximate surface area is 101 Å². The molecule has 0 aliphatic heterocycles. The van der Waals surface area contributed by atoms with Crippen molar-refractivity contribution in [2.24, 2.45) is 0 Å². The molecule has 2 N–H and O–H groups in total. The van der Waals surface area contributed by atoms with Crippen LogP contribution in [0, 0.1) is 6.92 Å². The van der Waals surface area contributed by atoms with Crippen molar-refractivity contribution in [3.8, 4) is 0 Å². The van der Waals surface area contributed by atoms with Crippen LogP contribution in [0.4, 0.5) is 0 Å². The van der Waals surface area contributed by atoms with Crippen LogP contribution >= 0.6 is 0 Å². The Kier molecular flexibility index (Phi) is 3.58. The molecule has 0 aromatic carbocycles. The number of rotatable bonds is 5. The van der Waals surface area contributed by atoms with Crippen molar-refractivity contribution >= 4 is 0 Å². The van der Waals surface area contributed by atoms with Gasteiger partial charge in [-0.3, -0.25) is 4.68 Å². The first-order valence-corrected chi connectivity index (χ1v) is 5.94. The fourth-order valence-electron chi connectivity index (χ4n) is 2.05. The number of aromatic nitrogens is 4. The lowest BCUT2D eigenvalue weighted by Crippen LogP contribution is -2.21. The van der Waals surface area contributed by atoms with Gasteiger partial charge in [-0.2, -0.15) is 5.10 Å². The molecule has 2 heterocycles. The van der Waals surface area contributed by atoms with Crippen molar-refractivity contribution in [1.29, 1.82) is 0 Å². The maximum atomic E-state index is 4.46. The summed E-state index contributed by atoms with van der Waals surface area (Å²) in [6, 6.07) is 2.34. The Bertz CT molecular complexity index is 457. The lowest BCUT2D eigenvalue weighted by molar-refractivity contribution is 0.523. The number of aryl methyl sites for hydroxylation is 2. The Morgan fingerprint density at radius 1 is 1.53 bits per heavy atom. The highest BCUT2D eigenvalue weighted by Gasteiger charge is 2.15. The molecule has 0 amide bonds. The zero-order valence-electron chi connectivity index (χ0n) is 10.6. The summed E-state index contributed by atoms with van der Waals surface area (Å²) in [4.78, 5) is 7.45. The highest BCUT2D eigenvalue weighted by atomic mass is 15.3. The SMILES string of the molecule is CCn1nc(C)cc1CC(NC)c1ncc[nH]1. The topological polar surface area (TPSA) is 58.5 Å². The lowest BCUT2D eigenvalue weighted by Gasteiger charge is -2.14. The fourth-order valence-corrected chi connectivity index (χ4v) is 2.05. The number of imidazole rings is 1. The van der Waals surface area contributed by atoms with Crippen LogP contribution in [0.25, 0.3) is 0 Å². The minimum absolute atomic E-state index is 0.200. The first-order valence-electron chi connectivity index (χ1n) is 5.94. The molecule has 2 rings (SSSR count). The normalized spacial score (nSPS) is 12.9. The van der Waals surface area contributed by atoms with Crippen LogP contribution in [0.1, 0.15) is 30.2 Å². The van der Waals surface area contributed by atoms with E-state index in [9.17, 15) is 0 Å². The van der Waals surface area contributed by atoms with E-state index in [2.05, 4.69) is 33.4 Å². The summed E-state index contributed by atoms with van der Waals surface area (Å²) in [5.74, 6) is 0.967. The molecular weight excluding hydrogens is 214 g/mol. The molecule has 17 heavy (non-hydrogen) atoms. The number of likely N-dealkylation sites (N-methyl/N-ethyl adjacent to an activating group) is 1. The molecule has 0 saturated carbocycles. The number of hydrogen-bond acceptors (Lipinski definition) is 3. The summed E-state index contributed by atoms with van der Waals surface area (Å²) in [6.45, 7) is 5.03. The first-order chi connectivity index (χ1) is 8.24. The van der Waals surface area contributed by atoms with Crippen LogP contribution in [-0.4, -0.2) is 26.8 Å².